The number of likely N-dealkylation sites (tertiary alicyclic amines) is 1. The molecule has 3 heterocycles. The number of rotatable bonds is 2. The van der Waals surface area contributed by atoms with Crippen molar-refractivity contribution in [2.45, 2.75) is 18.9 Å². The summed E-state index contributed by atoms with van der Waals surface area (Å²) in [5.74, 6) is 0.767. The van der Waals surface area contributed by atoms with Crippen LogP contribution in [0.1, 0.15) is 24.6 Å². The number of imidazole rings is 1. The predicted octanol–water partition coefficient (Wildman–Crippen LogP) is 1.63. The summed E-state index contributed by atoms with van der Waals surface area (Å²) in [5.41, 5.74) is 1.85. The number of hydrogen-bond donors (Lipinski definition) is 1. The summed E-state index contributed by atoms with van der Waals surface area (Å²) in [6.07, 6.45) is 9.57. The van der Waals surface area contributed by atoms with Crippen molar-refractivity contribution in [2.24, 2.45) is 0 Å². The first-order chi connectivity index (χ1) is 8.34. The van der Waals surface area contributed by atoms with E-state index in [0.717, 1.165) is 23.8 Å². The smallest absolute Gasteiger partial charge is 0.157 e. The van der Waals surface area contributed by atoms with E-state index in [4.69, 9.17) is 0 Å². The van der Waals surface area contributed by atoms with Gasteiger partial charge in [-0.05, 0) is 26.4 Å². The van der Waals surface area contributed by atoms with E-state index < -0.39 is 0 Å². The van der Waals surface area contributed by atoms with Gasteiger partial charge in [0, 0.05) is 12.4 Å². The zero-order valence-corrected chi connectivity index (χ0v) is 9.80. The van der Waals surface area contributed by atoms with Crippen LogP contribution in [0, 0.1) is 0 Å². The lowest BCUT2D eigenvalue weighted by Crippen LogP contribution is -2.18. The third kappa shape index (κ3) is 1.93. The Hall–Kier alpha value is -1.75. The first-order valence-electron chi connectivity index (χ1n) is 5.86. The van der Waals surface area contributed by atoms with Crippen LogP contribution in [0.3, 0.4) is 0 Å². The molecule has 0 bridgehead atoms. The molecule has 0 amide bonds. The molecule has 2 aromatic heterocycles. The van der Waals surface area contributed by atoms with E-state index in [9.17, 15) is 0 Å². The monoisotopic (exact) mass is 229 g/mol. The molecule has 1 fully saturated rings. The van der Waals surface area contributed by atoms with Gasteiger partial charge < -0.3 is 4.98 Å². The molecule has 0 radical (unpaired) electrons. The van der Waals surface area contributed by atoms with Crippen molar-refractivity contribution in [3.05, 3.63) is 30.5 Å². The first kappa shape index (κ1) is 10.4. The molecule has 1 atom stereocenters. The molecule has 5 heteroatoms. The summed E-state index contributed by atoms with van der Waals surface area (Å²) in [5, 5.41) is 0. The van der Waals surface area contributed by atoms with E-state index in [1.54, 1.807) is 18.6 Å². The highest BCUT2D eigenvalue weighted by Crippen LogP contribution is 2.28. The van der Waals surface area contributed by atoms with E-state index in [1.165, 1.54) is 12.8 Å². The van der Waals surface area contributed by atoms with Crippen molar-refractivity contribution in [3.63, 3.8) is 0 Å². The molecule has 0 spiro atoms. The molecule has 1 saturated heterocycles. The minimum Gasteiger partial charge on any atom is -0.343 e. The van der Waals surface area contributed by atoms with Gasteiger partial charge >= 0.3 is 0 Å². The van der Waals surface area contributed by atoms with Crippen LogP contribution in [0.2, 0.25) is 0 Å². The fourth-order valence-electron chi connectivity index (χ4n) is 2.32. The van der Waals surface area contributed by atoms with Crippen molar-refractivity contribution in [1.29, 1.82) is 0 Å². The first-order valence-corrected chi connectivity index (χ1v) is 5.86. The molecular weight excluding hydrogens is 214 g/mol. The summed E-state index contributed by atoms with van der Waals surface area (Å²) in [6.45, 7) is 1.15. The van der Waals surface area contributed by atoms with Crippen molar-refractivity contribution >= 4 is 0 Å². The van der Waals surface area contributed by atoms with Crippen LogP contribution in [0.15, 0.2) is 24.8 Å². The Morgan fingerprint density at radius 3 is 2.82 bits per heavy atom. The highest BCUT2D eigenvalue weighted by Gasteiger charge is 2.23. The van der Waals surface area contributed by atoms with Gasteiger partial charge in [0.1, 0.15) is 5.69 Å². The Bertz CT molecular complexity index is 476. The van der Waals surface area contributed by atoms with Crippen LogP contribution < -0.4 is 0 Å². The lowest BCUT2D eigenvalue weighted by molar-refractivity contribution is 0.311. The summed E-state index contributed by atoms with van der Waals surface area (Å²) < 4.78 is 0. The molecule has 17 heavy (non-hydrogen) atoms. The van der Waals surface area contributed by atoms with Crippen LogP contribution in [-0.4, -0.2) is 38.4 Å². The Morgan fingerprint density at radius 2 is 2.24 bits per heavy atom. The second kappa shape index (κ2) is 4.25. The topological polar surface area (TPSA) is 57.7 Å². The zero-order valence-electron chi connectivity index (χ0n) is 9.80. The molecule has 88 valence electrons. The molecule has 5 nitrogen and oxygen atoms in total. The van der Waals surface area contributed by atoms with Gasteiger partial charge in [0.2, 0.25) is 0 Å². The molecule has 0 aromatic carbocycles. The normalized spacial score (nSPS) is 20.9. The molecule has 2 aromatic rings. The maximum Gasteiger partial charge on any atom is 0.157 e. The lowest BCUT2D eigenvalue weighted by Gasteiger charge is -2.18. The highest BCUT2D eigenvalue weighted by atomic mass is 15.2. The SMILES string of the molecule is CN1CCCC1c1cnc(-c2ncc[nH]2)cn1. The van der Waals surface area contributed by atoms with Gasteiger partial charge in [-0.15, -0.1) is 0 Å². The molecule has 1 N–H and O–H groups in total. The van der Waals surface area contributed by atoms with Crippen molar-refractivity contribution in [3.8, 4) is 11.5 Å². The summed E-state index contributed by atoms with van der Waals surface area (Å²) >= 11 is 0. The van der Waals surface area contributed by atoms with Crippen LogP contribution >= 0.6 is 0 Å². The number of H-pyrrole nitrogens is 1. The summed E-state index contributed by atoms with van der Waals surface area (Å²) in [7, 11) is 2.14. The fraction of sp³-hybridized carbons (Fsp3) is 0.417. The summed E-state index contributed by atoms with van der Waals surface area (Å²) in [6, 6.07) is 0.424. The van der Waals surface area contributed by atoms with E-state index in [0.29, 0.717) is 6.04 Å². The maximum absolute atomic E-state index is 4.50. The van der Waals surface area contributed by atoms with Gasteiger partial charge in [-0.3, -0.25) is 9.88 Å². The molecule has 0 aliphatic carbocycles. The van der Waals surface area contributed by atoms with Crippen LogP contribution in [0.5, 0.6) is 0 Å². The van der Waals surface area contributed by atoms with E-state index in [1.807, 2.05) is 6.20 Å². The fourth-order valence-corrected chi connectivity index (χ4v) is 2.32. The minimum absolute atomic E-state index is 0.424. The molecule has 1 aliphatic rings. The highest BCUT2D eigenvalue weighted by molar-refractivity contribution is 5.46. The molecular formula is C12H15N5. The van der Waals surface area contributed by atoms with Crippen molar-refractivity contribution in [2.75, 3.05) is 13.6 Å². The Kier molecular flexibility index (Phi) is 2.60. The van der Waals surface area contributed by atoms with E-state index in [-0.39, 0.29) is 0 Å². The van der Waals surface area contributed by atoms with Gasteiger partial charge in [0.15, 0.2) is 5.82 Å². The van der Waals surface area contributed by atoms with Crippen molar-refractivity contribution in [1.82, 2.24) is 24.8 Å². The average Bonchev–Trinajstić information content (AvgIpc) is 3.00. The van der Waals surface area contributed by atoms with Gasteiger partial charge in [-0.25, -0.2) is 9.97 Å². The van der Waals surface area contributed by atoms with E-state index >= 15 is 0 Å². The second-order valence-corrected chi connectivity index (χ2v) is 4.40. The Labute approximate surface area is 99.9 Å². The van der Waals surface area contributed by atoms with Gasteiger partial charge in [0.05, 0.1) is 24.1 Å². The maximum atomic E-state index is 4.50. The third-order valence-corrected chi connectivity index (χ3v) is 3.27. The Morgan fingerprint density at radius 1 is 1.29 bits per heavy atom. The average molecular weight is 229 g/mol. The number of hydrogen-bond acceptors (Lipinski definition) is 4. The summed E-state index contributed by atoms with van der Waals surface area (Å²) in [4.78, 5) is 18.4. The second-order valence-electron chi connectivity index (χ2n) is 4.40. The largest absolute Gasteiger partial charge is 0.343 e. The molecule has 0 saturated carbocycles. The number of aromatic nitrogens is 4. The zero-order chi connectivity index (χ0) is 11.7. The van der Waals surface area contributed by atoms with Crippen molar-refractivity contribution < 1.29 is 0 Å². The number of nitrogens with zero attached hydrogens (tertiary/aromatic N) is 4. The number of aromatic amines is 1. The minimum atomic E-state index is 0.424. The third-order valence-electron chi connectivity index (χ3n) is 3.27. The number of nitrogens with one attached hydrogen (secondary N) is 1. The van der Waals surface area contributed by atoms with Gasteiger partial charge in [0.25, 0.3) is 0 Å². The van der Waals surface area contributed by atoms with Crippen LogP contribution in [-0.2, 0) is 0 Å². The quantitative estimate of drug-likeness (QED) is 0.850. The van der Waals surface area contributed by atoms with Crippen LogP contribution in [0.4, 0.5) is 0 Å². The molecule has 3 rings (SSSR count). The van der Waals surface area contributed by atoms with Gasteiger partial charge in [-0.2, -0.15) is 0 Å². The predicted molar refractivity (Wildman–Crippen MR) is 64.2 cm³/mol. The van der Waals surface area contributed by atoms with Gasteiger partial charge in [-0.1, -0.05) is 0 Å². The van der Waals surface area contributed by atoms with Crippen LogP contribution in [0.25, 0.3) is 11.5 Å². The standard InChI is InChI=1S/C12H15N5/c1-17-6-2-3-11(17)9-7-16-10(8-15-9)12-13-4-5-14-12/h4-5,7-8,11H,2-3,6H2,1H3,(H,13,14). The molecule has 1 aliphatic heterocycles. The lowest BCUT2D eigenvalue weighted by atomic mass is 10.1. The molecule has 1 unspecified atom stereocenters. The van der Waals surface area contributed by atoms with E-state index in [2.05, 4.69) is 31.9 Å². The Balaban J connectivity index is 1.85.